The fraction of sp³-hybridized carbons (Fsp3) is 0.571. The highest BCUT2D eigenvalue weighted by Crippen LogP contribution is 2.48. The predicted molar refractivity (Wildman–Crippen MR) is 83.7 cm³/mol. The van der Waals surface area contributed by atoms with Crippen molar-refractivity contribution in [2.45, 2.75) is 24.2 Å². The minimum Gasteiger partial charge on any atom is -0.399 e. The van der Waals surface area contributed by atoms with Gasteiger partial charge in [0.15, 0.2) is 0 Å². The van der Waals surface area contributed by atoms with Crippen molar-refractivity contribution in [1.29, 1.82) is 0 Å². The molecular formula is C14H23N3O3S. The molecular weight excluding hydrogens is 290 g/mol. The van der Waals surface area contributed by atoms with Gasteiger partial charge in [-0.3, -0.25) is 0 Å². The summed E-state index contributed by atoms with van der Waals surface area (Å²) in [5, 5.41) is 3.26. The number of nitrogens with one attached hydrogen (secondary N) is 2. The van der Waals surface area contributed by atoms with Gasteiger partial charge in [-0.25, -0.2) is 13.1 Å². The lowest BCUT2D eigenvalue weighted by Gasteiger charge is -2.18. The van der Waals surface area contributed by atoms with Crippen LogP contribution in [0.3, 0.4) is 0 Å². The number of rotatable bonds is 8. The third-order valence-corrected chi connectivity index (χ3v) is 5.47. The van der Waals surface area contributed by atoms with Gasteiger partial charge in [-0.1, -0.05) is 0 Å². The second kappa shape index (κ2) is 6.21. The zero-order valence-electron chi connectivity index (χ0n) is 12.5. The highest BCUT2D eigenvalue weighted by molar-refractivity contribution is 7.89. The molecule has 4 N–H and O–H groups in total. The second-order valence-corrected chi connectivity index (χ2v) is 7.41. The monoisotopic (exact) mass is 313 g/mol. The van der Waals surface area contributed by atoms with E-state index in [0.29, 0.717) is 11.4 Å². The van der Waals surface area contributed by atoms with Crippen LogP contribution >= 0.6 is 0 Å². The van der Waals surface area contributed by atoms with Gasteiger partial charge in [0, 0.05) is 25.9 Å². The highest BCUT2D eigenvalue weighted by atomic mass is 32.2. The number of benzene rings is 1. The number of methoxy groups -OCH3 is 1. The Morgan fingerprint density at radius 1 is 1.38 bits per heavy atom. The molecule has 1 aromatic rings. The largest absolute Gasteiger partial charge is 0.399 e. The average molecular weight is 313 g/mol. The van der Waals surface area contributed by atoms with E-state index in [1.54, 1.807) is 19.2 Å². The maximum atomic E-state index is 12.1. The van der Waals surface area contributed by atoms with Gasteiger partial charge in [-0.05, 0) is 49.9 Å². The van der Waals surface area contributed by atoms with Crippen LogP contribution < -0.4 is 15.8 Å². The van der Waals surface area contributed by atoms with E-state index in [-0.39, 0.29) is 10.3 Å². The summed E-state index contributed by atoms with van der Waals surface area (Å²) in [6, 6.07) is 4.89. The number of hydrogen-bond donors (Lipinski definition) is 3. The van der Waals surface area contributed by atoms with Crippen LogP contribution in [0.5, 0.6) is 0 Å². The fourth-order valence-electron chi connectivity index (χ4n) is 2.31. The van der Waals surface area contributed by atoms with E-state index in [1.807, 2.05) is 0 Å². The van der Waals surface area contributed by atoms with Crippen LogP contribution in [-0.4, -0.2) is 35.7 Å². The molecule has 1 aliphatic rings. The maximum absolute atomic E-state index is 12.1. The van der Waals surface area contributed by atoms with E-state index in [4.69, 9.17) is 10.5 Å². The Balaban J connectivity index is 2.14. The van der Waals surface area contributed by atoms with Gasteiger partial charge in [-0.15, -0.1) is 0 Å². The van der Waals surface area contributed by atoms with E-state index in [0.717, 1.165) is 32.4 Å². The normalized spacial score (nSPS) is 16.7. The van der Waals surface area contributed by atoms with Gasteiger partial charge < -0.3 is 15.8 Å². The zero-order valence-corrected chi connectivity index (χ0v) is 13.3. The number of hydrogen-bond acceptors (Lipinski definition) is 5. The summed E-state index contributed by atoms with van der Waals surface area (Å²) in [5.74, 6) is 0. The van der Waals surface area contributed by atoms with Gasteiger partial charge in [0.05, 0.1) is 5.69 Å². The fourth-order valence-corrected chi connectivity index (χ4v) is 3.25. The Morgan fingerprint density at radius 2 is 2.10 bits per heavy atom. The molecule has 0 spiro atoms. The number of nitrogen functional groups attached to an aromatic ring is 1. The van der Waals surface area contributed by atoms with Gasteiger partial charge >= 0.3 is 0 Å². The molecule has 7 heteroatoms. The van der Waals surface area contributed by atoms with Crippen molar-refractivity contribution in [2.24, 2.45) is 5.41 Å². The number of ether oxygens (including phenoxy) is 1. The van der Waals surface area contributed by atoms with Crippen molar-refractivity contribution in [3.8, 4) is 0 Å². The molecule has 1 saturated carbocycles. The Bertz CT molecular complexity index is 597. The first-order chi connectivity index (χ1) is 9.92. The molecule has 2 rings (SSSR count). The summed E-state index contributed by atoms with van der Waals surface area (Å²) in [4.78, 5) is 0.188. The summed E-state index contributed by atoms with van der Waals surface area (Å²) in [6.07, 6.45) is 3.28. The molecule has 1 aromatic carbocycles. The van der Waals surface area contributed by atoms with Crippen LogP contribution in [-0.2, 0) is 14.8 Å². The molecule has 0 bridgehead atoms. The zero-order chi connectivity index (χ0) is 15.5. The minimum atomic E-state index is -3.53. The van der Waals surface area contributed by atoms with E-state index >= 15 is 0 Å². The summed E-state index contributed by atoms with van der Waals surface area (Å²) < 4.78 is 31.6. The van der Waals surface area contributed by atoms with Crippen LogP contribution in [0.2, 0.25) is 0 Å². The molecule has 0 atom stereocenters. The molecule has 1 aliphatic carbocycles. The van der Waals surface area contributed by atoms with Crippen LogP contribution in [0.1, 0.15) is 19.3 Å². The molecule has 0 saturated heterocycles. The van der Waals surface area contributed by atoms with Gasteiger partial charge in [0.2, 0.25) is 10.0 Å². The minimum absolute atomic E-state index is 0.188. The molecule has 0 aliphatic heterocycles. The first-order valence-corrected chi connectivity index (χ1v) is 8.47. The van der Waals surface area contributed by atoms with Crippen molar-refractivity contribution in [1.82, 2.24) is 4.72 Å². The molecule has 21 heavy (non-hydrogen) atoms. The average Bonchev–Trinajstić information content (AvgIpc) is 3.24. The van der Waals surface area contributed by atoms with Gasteiger partial charge in [0.1, 0.15) is 4.90 Å². The first-order valence-electron chi connectivity index (χ1n) is 6.98. The maximum Gasteiger partial charge on any atom is 0.242 e. The predicted octanol–water partition coefficient (Wildman–Crippen LogP) is 1.41. The van der Waals surface area contributed by atoms with Crippen molar-refractivity contribution in [3.05, 3.63) is 18.2 Å². The lowest BCUT2D eigenvalue weighted by Crippen LogP contribution is -2.22. The molecule has 0 aromatic heterocycles. The Kier molecular flexibility index (Phi) is 4.75. The SMILES string of the molecule is CNS(=O)(=O)c1cc(N)ccc1NCC1(CCOC)CC1. The molecule has 1 fully saturated rings. The first kappa shape index (κ1) is 16.1. The smallest absolute Gasteiger partial charge is 0.242 e. The van der Waals surface area contributed by atoms with Crippen molar-refractivity contribution < 1.29 is 13.2 Å². The van der Waals surface area contributed by atoms with Crippen molar-refractivity contribution in [3.63, 3.8) is 0 Å². The van der Waals surface area contributed by atoms with Crippen LogP contribution in [0.25, 0.3) is 0 Å². The second-order valence-electron chi connectivity index (χ2n) is 5.56. The summed E-state index contributed by atoms with van der Waals surface area (Å²) in [7, 11) is -0.445. The van der Waals surface area contributed by atoms with Crippen LogP contribution in [0.4, 0.5) is 11.4 Å². The van der Waals surface area contributed by atoms with E-state index in [9.17, 15) is 8.42 Å². The third kappa shape index (κ3) is 3.87. The van der Waals surface area contributed by atoms with Gasteiger partial charge in [0.25, 0.3) is 0 Å². The molecule has 118 valence electrons. The highest BCUT2D eigenvalue weighted by Gasteiger charge is 2.41. The van der Waals surface area contributed by atoms with Crippen molar-refractivity contribution >= 4 is 21.4 Å². The number of sulfonamides is 1. The number of anilines is 2. The molecule has 0 heterocycles. The molecule has 6 nitrogen and oxygen atoms in total. The lowest BCUT2D eigenvalue weighted by molar-refractivity contribution is 0.175. The van der Waals surface area contributed by atoms with Gasteiger partial charge in [-0.2, -0.15) is 0 Å². The summed E-state index contributed by atoms with van der Waals surface area (Å²) >= 11 is 0. The summed E-state index contributed by atoms with van der Waals surface area (Å²) in [6.45, 7) is 1.47. The van der Waals surface area contributed by atoms with Crippen LogP contribution in [0.15, 0.2) is 23.1 Å². The Labute approximate surface area is 126 Å². The van der Waals surface area contributed by atoms with E-state index in [1.165, 1.54) is 13.1 Å². The Morgan fingerprint density at radius 3 is 2.67 bits per heavy atom. The number of nitrogens with two attached hydrogens (primary N) is 1. The van der Waals surface area contributed by atoms with Crippen LogP contribution in [0, 0.1) is 5.41 Å². The molecule has 0 unspecified atom stereocenters. The van der Waals surface area contributed by atoms with E-state index in [2.05, 4.69) is 10.0 Å². The van der Waals surface area contributed by atoms with E-state index < -0.39 is 10.0 Å². The quantitative estimate of drug-likeness (QED) is 0.631. The molecule has 0 radical (unpaired) electrons. The summed E-state index contributed by atoms with van der Waals surface area (Å²) in [5.41, 5.74) is 6.95. The molecule has 0 amide bonds. The Hall–Kier alpha value is -1.31. The van der Waals surface area contributed by atoms with Crippen molar-refractivity contribution in [2.75, 3.05) is 38.4 Å². The third-order valence-electron chi connectivity index (χ3n) is 4.01. The lowest BCUT2D eigenvalue weighted by atomic mass is 10.0. The topological polar surface area (TPSA) is 93.5 Å². The standard InChI is InChI=1S/C14H23N3O3S/c1-16-21(18,19)13-9-11(15)3-4-12(13)17-10-14(5-6-14)7-8-20-2/h3-4,9,16-17H,5-8,10,15H2,1-2H3.